The lowest BCUT2D eigenvalue weighted by atomic mass is 9.95. The summed E-state index contributed by atoms with van der Waals surface area (Å²) in [6.45, 7) is 3.09. The molecule has 7 heteroatoms. The summed E-state index contributed by atoms with van der Waals surface area (Å²) in [5.41, 5.74) is 4.61. The fraction of sp³-hybridized carbons (Fsp3) is 0.296. The zero-order chi connectivity index (χ0) is 23.1. The highest BCUT2D eigenvalue weighted by molar-refractivity contribution is 7.15. The van der Waals surface area contributed by atoms with Crippen molar-refractivity contribution in [3.63, 3.8) is 0 Å². The Kier molecular flexibility index (Phi) is 5.67. The molecule has 0 saturated carbocycles. The first-order valence-electron chi connectivity index (χ1n) is 11.9. The molecular formula is C27H27N3O2S2. The monoisotopic (exact) mass is 489 g/mol. The first kappa shape index (κ1) is 21.5. The molecule has 0 fully saturated rings. The van der Waals surface area contributed by atoms with Crippen molar-refractivity contribution in [2.24, 2.45) is 0 Å². The number of aromatic nitrogens is 1. The second-order valence-electron chi connectivity index (χ2n) is 8.70. The van der Waals surface area contributed by atoms with E-state index in [1.807, 2.05) is 47.4 Å². The molecule has 0 bridgehead atoms. The average molecular weight is 490 g/mol. The average Bonchev–Trinajstić information content (AvgIpc) is 3.60. The normalized spacial score (nSPS) is 16.9. The number of carbonyl (C=O) groups is 1. The van der Waals surface area contributed by atoms with Gasteiger partial charge in [-0.2, -0.15) is 0 Å². The third-order valence-corrected chi connectivity index (χ3v) is 8.94. The minimum Gasteiger partial charge on any atom is -0.492 e. The molecular weight excluding hydrogens is 462 g/mol. The number of fused-ring (bicyclic) bond motifs is 5. The highest BCUT2D eigenvalue weighted by atomic mass is 32.1. The van der Waals surface area contributed by atoms with Crippen LogP contribution in [0.2, 0.25) is 0 Å². The van der Waals surface area contributed by atoms with Crippen LogP contribution in [-0.4, -0.2) is 22.1 Å². The largest absolute Gasteiger partial charge is 0.492 e. The van der Waals surface area contributed by atoms with Crippen LogP contribution in [0.15, 0.2) is 60.1 Å². The number of benzene rings is 1. The van der Waals surface area contributed by atoms with Gasteiger partial charge in [0, 0.05) is 21.5 Å². The Hall–Kier alpha value is -3.03. The summed E-state index contributed by atoms with van der Waals surface area (Å²) in [6, 6.07) is 15.9. The van der Waals surface area contributed by atoms with Gasteiger partial charge in [-0.05, 0) is 73.9 Å². The van der Waals surface area contributed by atoms with Gasteiger partial charge in [0.2, 0.25) is 0 Å². The highest BCUT2D eigenvalue weighted by Crippen LogP contribution is 2.45. The van der Waals surface area contributed by atoms with Gasteiger partial charge in [-0.15, -0.1) is 22.7 Å². The fourth-order valence-corrected chi connectivity index (χ4v) is 7.42. The van der Waals surface area contributed by atoms with Crippen molar-refractivity contribution in [3.8, 4) is 10.8 Å². The Morgan fingerprint density at radius 3 is 2.82 bits per heavy atom. The lowest BCUT2D eigenvalue weighted by molar-refractivity contribution is 0.195. The molecule has 5 nitrogen and oxygen atoms in total. The van der Waals surface area contributed by atoms with E-state index in [9.17, 15) is 4.79 Å². The predicted octanol–water partition coefficient (Wildman–Crippen LogP) is 7.01. The van der Waals surface area contributed by atoms with Crippen molar-refractivity contribution >= 4 is 34.4 Å². The quantitative estimate of drug-likeness (QED) is 0.335. The van der Waals surface area contributed by atoms with Crippen LogP contribution in [-0.2, 0) is 19.4 Å². The zero-order valence-corrected chi connectivity index (χ0v) is 20.8. The molecule has 1 aliphatic carbocycles. The van der Waals surface area contributed by atoms with Crippen molar-refractivity contribution in [3.05, 3.63) is 86.7 Å². The topological polar surface area (TPSA) is 46.5 Å². The molecule has 4 heterocycles. The van der Waals surface area contributed by atoms with E-state index < -0.39 is 0 Å². The summed E-state index contributed by atoms with van der Waals surface area (Å²) in [7, 11) is 0. The molecule has 1 aromatic carbocycles. The molecule has 1 atom stereocenters. The van der Waals surface area contributed by atoms with Crippen LogP contribution in [0.5, 0.6) is 5.75 Å². The summed E-state index contributed by atoms with van der Waals surface area (Å²) in [5, 5.41) is 6.54. The summed E-state index contributed by atoms with van der Waals surface area (Å²) in [5.74, 6) is 0.692. The Balaban J connectivity index is 1.46. The number of hydrogen-bond acceptors (Lipinski definition) is 4. The molecule has 4 aromatic rings. The van der Waals surface area contributed by atoms with Gasteiger partial charge in [0.15, 0.2) is 0 Å². The van der Waals surface area contributed by atoms with Crippen LogP contribution in [0.3, 0.4) is 0 Å². The van der Waals surface area contributed by atoms with Crippen LogP contribution >= 0.6 is 22.7 Å². The number of nitrogens with zero attached hydrogens (tertiary/aromatic N) is 2. The van der Waals surface area contributed by atoms with Crippen LogP contribution in [0.1, 0.15) is 52.4 Å². The van der Waals surface area contributed by atoms with E-state index in [0.717, 1.165) is 23.4 Å². The summed E-state index contributed by atoms with van der Waals surface area (Å²) >= 11 is 3.61. The van der Waals surface area contributed by atoms with E-state index in [-0.39, 0.29) is 12.1 Å². The standard InChI is InChI=1S/C27H27N3O2S2/c1-2-32-22-12-5-4-10-20(22)28-27(31)30-17-19-18-9-3-6-13-23(18)34-26(19)29-15-7-11-21(29)25(30)24-14-8-16-33-24/h4-5,7-8,10-12,14-16,25H,2-3,6,9,13,17H2,1H3,(H,28,31)/t25-/m0/s1. The van der Waals surface area contributed by atoms with E-state index in [2.05, 4.69) is 45.7 Å². The van der Waals surface area contributed by atoms with Gasteiger partial charge in [-0.1, -0.05) is 18.2 Å². The Bertz CT molecular complexity index is 1320. The SMILES string of the molecule is CCOc1ccccc1NC(=O)N1Cc2c(sc3c2CCCC3)-n2cccc2[C@H]1c1cccs1. The van der Waals surface area contributed by atoms with E-state index in [0.29, 0.717) is 24.6 Å². The highest BCUT2D eigenvalue weighted by Gasteiger charge is 2.36. The second kappa shape index (κ2) is 8.96. The van der Waals surface area contributed by atoms with Crippen LogP contribution in [0.25, 0.3) is 5.00 Å². The number of amides is 2. The van der Waals surface area contributed by atoms with E-state index in [4.69, 9.17) is 4.74 Å². The number of aryl methyl sites for hydroxylation is 1. The van der Waals surface area contributed by atoms with Crippen molar-refractivity contribution in [2.45, 2.75) is 45.2 Å². The van der Waals surface area contributed by atoms with Crippen molar-refractivity contribution in [1.82, 2.24) is 9.47 Å². The molecule has 2 aliphatic rings. The van der Waals surface area contributed by atoms with Crippen molar-refractivity contribution < 1.29 is 9.53 Å². The number of nitrogens with one attached hydrogen (secondary N) is 1. The Labute approximate surface area is 207 Å². The molecule has 0 saturated heterocycles. The van der Waals surface area contributed by atoms with E-state index >= 15 is 0 Å². The second-order valence-corrected chi connectivity index (χ2v) is 10.8. The molecule has 2 amide bonds. The third-order valence-electron chi connectivity index (χ3n) is 6.68. The third kappa shape index (κ3) is 3.63. The molecule has 0 unspecified atom stereocenters. The molecule has 174 valence electrons. The number of hydrogen-bond donors (Lipinski definition) is 1. The molecule has 34 heavy (non-hydrogen) atoms. The predicted molar refractivity (Wildman–Crippen MR) is 139 cm³/mol. The Morgan fingerprint density at radius 2 is 1.97 bits per heavy atom. The van der Waals surface area contributed by atoms with Gasteiger partial charge >= 0.3 is 6.03 Å². The van der Waals surface area contributed by atoms with Crippen LogP contribution < -0.4 is 10.1 Å². The molecule has 1 aliphatic heterocycles. The maximum Gasteiger partial charge on any atom is 0.323 e. The summed E-state index contributed by atoms with van der Waals surface area (Å²) < 4.78 is 8.10. The number of thiophene rings is 2. The first-order chi connectivity index (χ1) is 16.7. The lowest BCUT2D eigenvalue weighted by Crippen LogP contribution is -2.37. The summed E-state index contributed by atoms with van der Waals surface area (Å²) in [4.78, 5) is 18.6. The first-order valence-corrected chi connectivity index (χ1v) is 13.6. The van der Waals surface area contributed by atoms with Gasteiger partial charge in [-0.3, -0.25) is 0 Å². The minimum atomic E-state index is -0.159. The lowest BCUT2D eigenvalue weighted by Gasteiger charge is -2.30. The number of anilines is 1. The van der Waals surface area contributed by atoms with Crippen LogP contribution in [0, 0.1) is 0 Å². The zero-order valence-electron chi connectivity index (χ0n) is 19.1. The molecule has 1 N–H and O–H groups in total. The van der Waals surface area contributed by atoms with Gasteiger partial charge in [0.25, 0.3) is 0 Å². The van der Waals surface area contributed by atoms with Gasteiger partial charge < -0.3 is 19.5 Å². The van der Waals surface area contributed by atoms with E-state index in [1.165, 1.54) is 33.8 Å². The maximum atomic E-state index is 14.0. The van der Waals surface area contributed by atoms with Gasteiger partial charge in [0.05, 0.1) is 24.5 Å². The fourth-order valence-electron chi connectivity index (χ4n) is 5.17. The smallest absolute Gasteiger partial charge is 0.323 e. The van der Waals surface area contributed by atoms with Crippen molar-refractivity contribution in [1.29, 1.82) is 0 Å². The number of urea groups is 1. The van der Waals surface area contributed by atoms with Crippen molar-refractivity contribution in [2.75, 3.05) is 11.9 Å². The number of carbonyl (C=O) groups excluding carboxylic acids is 1. The van der Waals surface area contributed by atoms with E-state index in [1.54, 1.807) is 11.3 Å². The van der Waals surface area contributed by atoms with Gasteiger partial charge in [0.1, 0.15) is 16.8 Å². The number of ether oxygens (including phenoxy) is 1. The van der Waals surface area contributed by atoms with Gasteiger partial charge in [-0.25, -0.2) is 4.79 Å². The number of para-hydroxylation sites is 2. The molecule has 3 aromatic heterocycles. The Morgan fingerprint density at radius 1 is 1.09 bits per heavy atom. The van der Waals surface area contributed by atoms with Crippen LogP contribution in [0.4, 0.5) is 10.5 Å². The summed E-state index contributed by atoms with van der Waals surface area (Å²) in [6.07, 6.45) is 6.87. The minimum absolute atomic E-state index is 0.109. The maximum absolute atomic E-state index is 14.0. The number of rotatable bonds is 4. The molecule has 6 rings (SSSR count). The molecule has 0 spiro atoms. The molecule has 0 radical (unpaired) electrons.